The Hall–Kier alpha value is -2.32. The average molecular weight is 352 g/mol. The number of halogens is 2. The number of amides is 1. The molecule has 24 heavy (non-hydrogen) atoms. The molecule has 0 aromatic heterocycles. The van der Waals surface area contributed by atoms with Crippen molar-refractivity contribution in [1.82, 2.24) is 9.62 Å². The summed E-state index contributed by atoms with van der Waals surface area (Å²) in [5.74, 6) is -2.47. The Morgan fingerprint density at radius 1 is 1.04 bits per heavy atom. The van der Waals surface area contributed by atoms with Crippen LogP contribution in [0.2, 0.25) is 0 Å². The lowest BCUT2D eigenvalue weighted by Gasteiger charge is -2.34. The lowest BCUT2D eigenvalue weighted by Crippen LogP contribution is -2.52. The van der Waals surface area contributed by atoms with Crippen molar-refractivity contribution in [3.05, 3.63) is 65.7 Å². The second-order valence-corrected chi connectivity index (χ2v) is 7.22. The van der Waals surface area contributed by atoms with Gasteiger partial charge in [-0.05, 0) is 17.7 Å². The molecule has 1 aliphatic rings. The van der Waals surface area contributed by atoms with Gasteiger partial charge in [0.1, 0.15) is 17.7 Å². The van der Waals surface area contributed by atoms with E-state index in [1.807, 2.05) is 0 Å². The SMILES string of the molecule is O=C1NCCN(S(=O)(=O)c2cc(F)cc(F)c2)[C@@H]1c1ccccc1. The maximum absolute atomic E-state index is 13.4. The number of carbonyl (C=O) groups is 1. The second-order valence-electron chi connectivity index (χ2n) is 5.33. The molecule has 1 amide bonds. The number of benzene rings is 2. The Bertz CT molecular complexity index is 852. The third-order valence-electron chi connectivity index (χ3n) is 3.73. The van der Waals surface area contributed by atoms with Gasteiger partial charge < -0.3 is 5.32 Å². The summed E-state index contributed by atoms with van der Waals surface area (Å²) in [6, 6.07) is 9.36. The zero-order valence-corrected chi connectivity index (χ0v) is 13.3. The fourth-order valence-corrected chi connectivity index (χ4v) is 4.29. The maximum Gasteiger partial charge on any atom is 0.244 e. The Balaban J connectivity index is 2.08. The minimum absolute atomic E-state index is 0.00572. The van der Waals surface area contributed by atoms with Crippen LogP contribution >= 0.6 is 0 Å². The molecule has 1 N–H and O–H groups in total. The van der Waals surface area contributed by atoms with Crippen molar-refractivity contribution in [2.24, 2.45) is 0 Å². The standard InChI is InChI=1S/C16H14F2N2O3S/c17-12-8-13(18)10-14(9-12)24(22,23)20-7-6-19-16(21)15(20)11-4-2-1-3-5-11/h1-5,8-10,15H,6-7H2,(H,19,21)/t15-/m1/s1. The van der Waals surface area contributed by atoms with Crippen LogP contribution in [-0.4, -0.2) is 31.7 Å². The van der Waals surface area contributed by atoms with Crippen molar-refractivity contribution in [3.8, 4) is 0 Å². The van der Waals surface area contributed by atoms with Crippen LogP contribution in [0.5, 0.6) is 0 Å². The van der Waals surface area contributed by atoms with E-state index >= 15 is 0 Å². The Morgan fingerprint density at radius 2 is 1.67 bits per heavy atom. The largest absolute Gasteiger partial charge is 0.353 e. The van der Waals surface area contributed by atoms with E-state index in [-0.39, 0.29) is 13.1 Å². The van der Waals surface area contributed by atoms with Crippen LogP contribution in [0.3, 0.4) is 0 Å². The first-order chi connectivity index (χ1) is 11.4. The molecule has 0 bridgehead atoms. The van der Waals surface area contributed by atoms with Crippen LogP contribution in [0.15, 0.2) is 53.4 Å². The topological polar surface area (TPSA) is 66.5 Å². The zero-order chi connectivity index (χ0) is 17.3. The van der Waals surface area contributed by atoms with Crippen LogP contribution in [0, 0.1) is 11.6 Å². The zero-order valence-electron chi connectivity index (χ0n) is 12.4. The minimum atomic E-state index is -4.24. The van der Waals surface area contributed by atoms with Crippen molar-refractivity contribution in [3.63, 3.8) is 0 Å². The molecule has 5 nitrogen and oxygen atoms in total. The van der Waals surface area contributed by atoms with E-state index in [0.717, 1.165) is 16.4 Å². The smallest absolute Gasteiger partial charge is 0.244 e. The molecule has 0 aliphatic carbocycles. The van der Waals surface area contributed by atoms with Crippen LogP contribution < -0.4 is 5.32 Å². The average Bonchev–Trinajstić information content (AvgIpc) is 2.54. The summed E-state index contributed by atoms with van der Waals surface area (Å²) in [4.78, 5) is 11.7. The number of rotatable bonds is 3. The molecule has 2 aromatic rings. The lowest BCUT2D eigenvalue weighted by molar-refractivity contribution is -0.126. The predicted octanol–water partition coefficient (Wildman–Crippen LogP) is 1.83. The molecule has 8 heteroatoms. The summed E-state index contributed by atoms with van der Waals surface area (Å²) < 4.78 is 53.5. The molecule has 1 heterocycles. The molecular weight excluding hydrogens is 338 g/mol. The molecule has 1 aliphatic heterocycles. The maximum atomic E-state index is 13.4. The molecule has 2 aromatic carbocycles. The predicted molar refractivity (Wildman–Crippen MR) is 82.4 cm³/mol. The summed E-state index contributed by atoms with van der Waals surface area (Å²) in [6.45, 7) is 0.130. The van der Waals surface area contributed by atoms with Gasteiger partial charge in [-0.25, -0.2) is 17.2 Å². The third-order valence-corrected chi connectivity index (χ3v) is 5.57. The fraction of sp³-hybridized carbons (Fsp3) is 0.188. The monoisotopic (exact) mass is 352 g/mol. The molecular formula is C16H14F2N2O3S. The van der Waals surface area contributed by atoms with E-state index in [2.05, 4.69) is 5.32 Å². The number of nitrogens with one attached hydrogen (secondary N) is 1. The van der Waals surface area contributed by atoms with Crippen LogP contribution in [0.25, 0.3) is 0 Å². The van der Waals surface area contributed by atoms with E-state index in [0.29, 0.717) is 11.6 Å². The highest BCUT2D eigenvalue weighted by Gasteiger charge is 2.39. The first kappa shape index (κ1) is 16.5. The molecule has 0 saturated carbocycles. The highest BCUT2D eigenvalue weighted by Crippen LogP contribution is 2.30. The molecule has 0 radical (unpaired) electrons. The number of carbonyl (C=O) groups excluding carboxylic acids is 1. The van der Waals surface area contributed by atoms with Gasteiger partial charge >= 0.3 is 0 Å². The van der Waals surface area contributed by atoms with Crippen LogP contribution in [-0.2, 0) is 14.8 Å². The number of piperazine rings is 1. The summed E-state index contributed by atoms with van der Waals surface area (Å²) in [6.07, 6.45) is 0. The van der Waals surface area contributed by atoms with Gasteiger partial charge in [-0.1, -0.05) is 30.3 Å². The molecule has 1 fully saturated rings. The highest BCUT2D eigenvalue weighted by atomic mass is 32.2. The van der Waals surface area contributed by atoms with Crippen molar-refractivity contribution in [2.75, 3.05) is 13.1 Å². The van der Waals surface area contributed by atoms with Crippen LogP contribution in [0.4, 0.5) is 8.78 Å². The molecule has 1 saturated heterocycles. The summed E-state index contributed by atoms with van der Waals surface area (Å²) in [7, 11) is -4.24. The Labute approximate surface area is 138 Å². The first-order valence-electron chi connectivity index (χ1n) is 7.20. The molecule has 0 spiro atoms. The van der Waals surface area contributed by atoms with E-state index < -0.39 is 38.5 Å². The minimum Gasteiger partial charge on any atom is -0.353 e. The second kappa shape index (κ2) is 6.29. The van der Waals surface area contributed by atoms with E-state index in [9.17, 15) is 22.0 Å². The summed E-state index contributed by atoms with van der Waals surface area (Å²) in [5.41, 5.74) is 0.482. The third kappa shape index (κ3) is 3.02. The van der Waals surface area contributed by atoms with E-state index in [1.54, 1.807) is 30.3 Å². The first-order valence-corrected chi connectivity index (χ1v) is 8.64. The van der Waals surface area contributed by atoms with Crippen molar-refractivity contribution < 1.29 is 22.0 Å². The normalized spacial score (nSPS) is 19.1. The molecule has 126 valence electrons. The van der Waals surface area contributed by atoms with Crippen molar-refractivity contribution >= 4 is 15.9 Å². The number of sulfonamides is 1. The van der Waals surface area contributed by atoms with Crippen molar-refractivity contribution in [1.29, 1.82) is 0 Å². The van der Waals surface area contributed by atoms with E-state index in [4.69, 9.17) is 0 Å². The van der Waals surface area contributed by atoms with E-state index in [1.165, 1.54) is 0 Å². The van der Waals surface area contributed by atoms with Gasteiger partial charge in [0.05, 0.1) is 4.90 Å². The number of hydrogen-bond acceptors (Lipinski definition) is 3. The van der Waals surface area contributed by atoms with Crippen molar-refractivity contribution in [2.45, 2.75) is 10.9 Å². The van der Waals surface area contributed by atoms with Gasteiger partial charge in [0.15, 0.2) is 0 Å². The fourth-order valence-electron chi connectivity index (χ4n) is 2.67. The number of nitrogens with zero attached hydrogens (tertiary/aromatic N) is 1. The Kier molecular flexibility index (Phi) is 4.33. The van der Waals surface area contributed by atoms with Gasteiger partial charge in [0.25, 0.3) is 0 Å². The summed E-state index contributed by atoms with van der Waals surface area (Å²) in [5, 5.41) is 2.61. The highest BCUT2D eigenvalue weighted by molar-refractivity contribution is 7.89. The molecule has 3 rings (SSSR count). The van der Waals surface area contributed by atoms with Gasteiger partial charge in [0.2, 0.25) is 15.9 Å². The molecule has 1 atom stereocenters. The molecule has 0 unspecified atom stereocenters. The summed E-state index contributed by atoms with van der Waals surface area (Å²) >= 11 is 0. The number of hydrogen-bond donors (Lipinski definition) is 1. The van der Waals surface area contributed by atoms with Gasteiger partial charge in [-0.15, -0.1) is 0 Å². The van der Waals surface area contributed by atoms with Gasteiger partial charge in [0, 0.05) is 19.2 Å². The lowest BCUT2D eigenvalue weighted by atomic mass is 10.1. The van der Waals surface area contributed by atoms with Gasteiger partial charge in [-0.3, -0.25) is 4.79 Å². The van der Waals surface area contributed by atoms with Gasteiger partial charge in [-0.2, -0.15) is 4.31 Å². The Morgan fingerprint density at radius 3 is 2.29 bits per heavy atom. The quantitative estimate of drug-likeness (QED) is 0.916. The van der Waals surface area contributed by atoms with Crippen LogP contribution in [0.1, 0.15) is 11.6 Å².